The number of fused-ring (bicyclic) bond motifs is 1. The van der Waals surface area contributed by atoms with Crippen LogP contribution in [0.1, 0.15) is 18.9 Å². The molecule has 1 N–H and O–H groups in total. The van der Waals surface area contributed by atoms with E-state index in [1.807, 2.05) is 25.1 Å². The quantitative estimate of drug-likeness (QED) is 0.748. The van der Waals surface area contributed by atoms with Crippen molar-refractivity contribution < 1.29 is 5.11 Å². The topological polar surface area (TPSA) is 70.7 Å². The Hall–Kier alpha value is -2.25. The molecule has 0 aliphatic heterocycles. The predicted octanol–water partition coefficient (Wildman–Crippen LogP) is 1.93. The van der Waals surface area contributed by atoms with Crippen LogP contribution in [0.4, 0.5) is 5.13 Å². The number of anilines is 1. The molecule has 0 amide bonds. The number of aliphatic hydroxyl groups is 1. The molecule has 1 atom stereocenters. The third-order valence-electron chi connectivity index (χ3n) is 3.68. The fraction of sp³-hybridized carbons (Fsp3) is 0.312. The van der Waals surface area contributed by atoms with Crippen molar-refractivity contribution in [1.82, 2.24) is 14.6 Å². The number of benzene rings is 1. The molecule has 120 valence electrons. The average molecular weight is 330 g/mol. The zero-order valence-electron chi connectivity index (χ0n) is 12.8. The third kappa shape index (κ3) is 3.40. The molecule has 0 spiro atoms. The van der Waals surface area contributed by atoms with Crippen molar-refractivity contribution in [3.05, 3.63) is 58.5 Å². The van der Waals surface area contributed by atoms with Crippen LogP contribution >= 0.6 is 11.3 Å². The summed E-state index contributed by atoms with van der Waals surface area (Å²) in [7, 11) is 0. The minimum absolute atomic E-state index is 0.0940. The summed E-state index contributed by atoms with van der Waals surface area (Å²) >= 11 is 1.38. The second-order valence-electron chi connectivity index (χ2n) is 5.34. The van der Waals surface area contributed by atoms with Crippen LogP contribution in [0.25, 0.3) is 4.96 Å². The Morgan fingerprint density at radius 3 is 2.78 bits per heavy atom. The molecule has 0 bridgehead atoms. The molecule has 2 aromatic heterocycles. The van der Waals surface area contributed by atoms with Crippen molar-refractivity contribution in [1.29, 1.82) is 0 Å². The van der Waals surface area contributed by atoms with Crippen molar-refractivity contribution in [2.75, 3.05) is 11.5 Å². The van der Waals surface area contributed by atoms with Gasteiger partial charge >= 0.3 is 0 Å². The Morgan fingerprint density at radius 1 is 1.30 bits per heavy atom. The third-order valence-corrected chi connectivity index (χ3v) is 4.64. The van der Waals surface area contributed by atoms with Crippen LogP contribution in [0.5, 0.6) is 0 Å². The maximum atomic E-state index is 11.9. The Labute approximate surface area is 137 Å². The van der Waals surface area contributed by atoms with Crippen LogP contribution in [0.15, 0.2) is 47.4 Å². The summed E-state index contributed by atoms with van der Waals surface area (Å²) in [6.07, 6.45) is 2.13. The average Bonchev–Trinajstić information content (AvgIpc) is 2.99. The molecule has 1 aromatic carbocycles. The van der Waals surface area contributed by atoms with Gasteiger partial charge < -0.3 is 10.0 Å². The normalized spacial score (nSPS) is 12.4. The summed E-state index contributed by atoms with van der Waals surface area (Å²) in [5.41, 5.74) is 0.962. The lowest BCUT2D eigenvalue weighted by Gasteiger charge is -2.28. The first-order valence-corrected chi connectivity index (χ1v) is 8.27. The van der Waals surface area contributed by atoms with E-state index >= 15 is 0 Å². The Bertz CT molecular complexity index is 831. The smallest absolute Gasteiger partial charge is 0.275 e. The Balaban J connectivity index is 1.99. The van der Waals surface area contributed by atoms with Crippen LogP contribution in [0.3, 0.4) is 0 Å². The summed E-state index contributed by atoms with van der Waals surface area (Å²) in [6.45, 7) is 2.81. The lowest BCUT2D eigenvalue weighted by Crippen LogP contribution is -2.33. The molecular weight excluding hydrogens is 312 g/mol. The van der Waals surface area contributed by atoms with E-state index in [1.165, 1.54) is 28.1 Å². The van der Waals surface area contributed by atoms with Gasteiger partial charge in [0.1, 0.15) is 0 Å². The van der Waals surface area contributed by atoms with Crippen molar-refractivity contribution in [2.45, 2.75) is 25.9 Å². The molecule has 0 aliphatic carbocycles. The van der Waals surface area contributed by atoms with E-state index in [4.69, 9.17) is 0 Å². The van der Waals surface area contributed by atoms with Gasteiger partial charge in [-0.15, -0.1) is 5.10 Å². The fourth-order valence-electron chi connectivity index (χ4n) is 2.38. The van der Waals surface area contributed by atoms with Gasteiger partial charge in [0.25, 0.3) is 5.56 Å². The maximum absolute atomic E-state index is 11.9. The molecule has 0 saturated carbocycles. The van der Waals surface area contributed by atoms with E-state index in [9.17, 15) is 9.90 Å². The number of hydrogen-bond donors (Lipinski definition) is 1. The maximum Gasteiger partial charge on any atom is 0.275 e. The van der Waals surface area contributed by atoms with Gasteiger partial charge in [0.15, 0.2) is 0 Å². The van der Waals surface area contributed by atoms with Crippen molar-refractivity contribution in [3.63, 3.8) is 0 Å². The molecule has 1 unspecified atom stereocenters. The van der Waals surface area contributed by atoms with E-state index < -0.39 is 0 Å². The summed E-state index contributed by atoms with van der Waals surface area (Å²) in [6, 6.07) is 11.6. The molecule has 7 heteroatoms. The molecule has 23 heavy (non-hydrogen) atoms. The van der Waals surface area contributed by atoms with E-state index in [0.29, 0.717) is 17.9 Å². The minimum Gasteiger partial charge on any atom is -0.396 e. The highest BCUT2D eigenvalue weighted by atomic mass is 32.1. The van der Waals surface area contributed by atoms with Crippen molar-refractivity contribution in [2.24, 2.45) is 0 Å². The molecular formula is C16H18N4O2S. The zero-order valence-corrected chi connectivity index (χ0v) is 13.6. The molecule has 0 aliphatic rings. The molecule has 2 heterocycles. The first kappa shape index (κ1) is 15.6. The second kappa shape index (κ2) is 6.89. The van der Waals surface area contributed by atoms with Crippen LogP contribution in [0, 0.1) is 0 Å². The minimum atomic E-state index is -0.188. The van der Waals surface area contributed by atoms with Gasteiger partial charge in [-0.1, -0.05) is 41.7 Å². The molecule has 3 rings (SSSR count). The largest absolute Gasteiger partial charge is 0.396 e. The Morgan fingerprint density at radius 2 is 2.09 bits per heavy atom. The number of aliphatic hydroxyl groups excluding tert-OH is 1. The van der Waals surface area contributed by atoms with E-state index in [2.05, 4.69) is 27.1 Å². The Kier molecular flexibility index (Phi) is 4.68. The number of rotatable bonds is 6. The van der Waals surface area contributed by atoms with Gasteiger partial charge in [-0.25, -0.2) is 4.98 Å². The highest BCUT2D eigenvalue weighted by Gasteiger charge is 2.19. The second-order valence-corrected chi connectivity index (χ2v) is 6.27. The van der Waals surface area contributed by atoms with Gasteiger partial charge in [-0.2, -0.15) is 4.52 Å². The van der Waals surface area contributed by atoms with Crippen LogP contribution in [0.2, 0.25) is 0 Å². The summed E-state index contributed by atoms with van der Waals surface area (Å²) in [4.78, 5) is 18.8. The lowest BCUT2D eigenvalue weighted by atomic mass is 10.1. The first-order valence-electron chi connectivity index (χ1n) is 7.45. The van der Waals surface area contributed by atoms with E-state index in [1.54, 1.807) is 0 Å². The van der Waals surface area contributed by atoms with E-state index in [-0.39, 0.29) is 18.2 Å². The zero-order chi connectivity index (χ0) is 16.2. The molecule has 6 nitrogen and oxygen atoms in total. The van der Waals surface area contributed by atoms with Crippen molar-refractivity contribution in [3.8, 4) is 0 Å². The van der Waals surface area contributed by atoms with Crippen LogP contribution in [-0.2, 0) is 6.54 Å². The number of hydrogen-bond acceptors (Lipinski definition) is 6. The monoisotopic (exact) mass is 330 g/mol. The molecule has 0 radical (unpaired) electrons. The SMILES string of the molecule is CC(CCO)N(Cc1ccccc1)c1nn2c(=O)ccnc2s1. The van der Waals surface area contributed by atoms with Gasteiger partial charge in [-0.05, 0) is 18.9 Å². The molecule has 3 aromatic rings. The van der Waals surface area contributed by atoms with Crippen LogP contribution < -0.4 is 10.5 Å². The highest BCUT2D eigenvalue weighted by molar-refractivity contribution is 7.20. The van der Waals surface area contributed by atoms with Gasteiger partial charge in [0.2, 0.25) is 10.1 Å². The van der Waals surface area contributed by atoms with Crippen LogP contribution in [-0.4, -0.2) is 32.4 Å². The molecule has 0 fully saturated rings. The fourth-order valence-corrected chi connectivity index (χ4v) is 3.36. The summed E-state index contributed by atoms with van der Waals surface area (Å²) < 4.78 is 1.32. The van der Waals surface area contributed by atoms with Gasteiger partial charge in [-0.3, -0.25) is 4.79 Å². The first-order chi connectivity index (χ1) is 11.2. The number of aromatic nitrogens is 3. The van der Waals surface area contributed by atoms with Gasteiger partial charge in [0, 0.05) is 31.5 Å². The lowest BCUT2D eigenvalue weighted by molar-refractivity contribution is 0.275. The van der Waals surface area contributed by atoms with Gasteiger partial charge in [0.05, 0.1) is 0 Å². The number of nitrogens with zero attached hydrogens (tertiary/aromatic N) is 4. The predicted molar refractivity (Wildman–Crippen MR) is 90.9 cm³/mol. The summed E-state index contributed by atoms with van der Waals surface area (Å²) in [5.74, 6) is 0. The summed E-state index contributed by atoms with van der Waals surface area (Å²) in [5, 5.41) is 14.4. The highest BCUT2D eigenvalue weighted by Crippen LogP contribution is 2.25. The molecule has 0 saturated heterocycles. The van der Waals surface area contributed by atoms with Crippen molar-refractivity contribution >= 4 is 21.4 Å². The van der Waals surface area contributed by atoms with E-state index in [0.717, 1.165) is 10.7 Å². The standard InChI is InChI=1S/C16H18N4O2S/c1-12(8-10-21)19(11-13-5-3-2-4-6-13)16-18-20-14(22)7-9-17-15(20)23-16/h2-7,9,12,21H,8,10-11H2,1H3.